The highest BCUT2D eigenvalue weighted by molar-refractivity contribution is 6.99. The van der Waals surface area contributed by atoms with Crippen molar-refractivity contribution < 1.29 is 4.74 Å². The van der Waals surface area contributed by atoms with E-state index >= 15 is 0 Å². The van der Waals surface area contributed by atoms with Crippen LogP contribution in [0.1, 0.15) is 58.2 Å². The smallest absolute Gasteiger partial charge is 0.256 e. The normalized spacial score (nSPS) is 13.7. The molecule has 0 aliphatic carbocycles. The number of rotatable bonds is 2. The highest BCUT2D eigenvalue weighted by atomic mass is 16.5. The molecule has 2 aliphatic heterocycles. The third-order valence-corrected chi connectivity index (χ3v) is 8.88. The summed E-state index contributed by atoms with van der Waals surface area (Å²) in [6.07, 6.45) is 0. The molecule has 2 heterocycles. The number of ether oxygens (including phenoxy) is 1. The van der Waals surface area contributed by atoms with Gasteiger partial charge in [-0.15, -0.1) is 0 Å². The van der Waals surface area contributed by atoms with E-state index in [9.17, 15) is 0 Å². The highest BCUT2D eigenvalue weighted by Crippen LogP contribution is 2.45. The topological polar surface area (TPSA) is 12.5 Å². The number of hydrogen-bond acceptors (Lipinski definition) is 2. The van der Waals surface area contributed by atoms with Crippen molar-refractivity contribution in [3.63, 3.8) is 0 Å². The maximum Gasteiger partial charge on any atom is 0.256 e. The Morgan fingerprint density at radius 1 is 0.571 bits per heavy atom. The van der Waals surface area contributed by atoms with Crippen molar-refractivity contribution in [2.45, 2.75) is 59.3 Å². The Morgan fingerprint density at radius 2 is 1.24 bits per heavy atom. The fourth-order valence-electron chi connectivity index (χ4n) is 6.60. The quantitative estimate of drug-likeness (QED) is 0.201. The van der Waals surface area contributed by atoms with Gasteiger partial charge in [0.05, 0.1) is 5.69 Å². The SMILES string of the molecule is Cc1cc2c3c(c1)N(c1ccccc1-c1ccccc1)c1cc(C(C)(C)C)ccc1B3c1cc(C(C)(C)C)ccc1O2. The first-order valence-electron chi connectivity index (χ1n) is 15.1. The average molecular weight is 548 g/mol. The van der Waals surface area contributed by atoms with Crippen LogP contribution in [0.3, 0.4) is 0 Å². The predicted molar refractivity (Wildman–Crippen MR) is 180 cm³/mol. The number of anilines is 3. The average Bonchev–Trinajstić information content (AvgIpc) is 2.96. The highest BCUT2D eigenvalue weighted by Gasteiger charge is 2.43. The summed E-state index contributed by atoms with van der Waals surface area (Å²) in [5, 5.41) is 0. The Bertz CT molecular complexity index is 1840. The maximum absolute atomic E-state index is 6.74. The molecule has 42 heavy (non-hydrogen) atoms. The lowest BCUT2D eigenvalue weighted by atomic mass is 9.34. The molecule has 5 aromatic carbocycles. The molecule has 0 bridgehead atoms. The molecule has 0 aromatic heterocycles. The van der Waals surface area contributed by atoms with Gasteiger partial charge in [-0.05, 0) is 86.7 Å². The summed E-state index contributed by atoms with van der Waals surface area (Å²) in [5.74, 6) is 1.92. The van der Waals surface area contributed by atoms with E-state index in [-0.39, 0.29) is 17.5 Å². The molecular formula is C39H38BNO. The van der Waals surface area contributed by atoms with E-state index in [2.05, 4.69) is 156 Å². The first-order chi connectivity index (χ1) is 20.0. The zero-order valence-electron chi connectivity index (χ0n) is 25.7. The number of nitrogens with zero attached hydrogens (tertiary/aromatic N) is 1. The summed E-state index contributed by atoms with van der Waals surface area (Å²) >= 11 is 0. The molecule has 0 spiro atoms. The van der Waals surface area contributed by atoms with Crippen molar-refractivity contribution >= 4 is 40.2 Å². The van der Waals surface area contributed by atoms with E-state index < -0.39 is 0 Å². The Morgan fingerprint density at radius 3 is 1.98 bits per heavy atom. The first-order valence-corrected chi connectivity index (χ1v) is 15.1. The molecule has 208 valence electrons. The van der Waals surface area contributed by atoms with Crippen LogP contribution in [0.15, 0.2) is 103 Å². The van der Waals surface area contributed by atoms with Crippen LogP contribution in [0.2, 0.25) is 0 Å². The number of aryl methyl sites for hydroxylation is 1. The van der Waals surface area contributed by atoms with E-state index in [1.54, 1.807) is 0 Å². The predicted octanol–water partition coefficient (Wildman–Crippen LogP) is 8.66. The Balaban J connectivity index is 1.56. The van der Waals surface area contributed by atoms with Gasteiger partial charge in [-0.3, -0.25) is 0 Å². The van der Waals surface area contributed by atoms with E-state index in [0.29, 0.717) is 0 Å². The van der Waals surface area contributed by atoms with Crippen molar-refractivity contribution in [2.24, 2.45) is 0 Å². The number of fused-ring (bicyclic) bond motifs is 4. The molecule has 2 nitrogen and oxygen atoms in total. The summed E-state index contributed by atoms with van der Waals surface area (Å²) in [5.41, 5.74) is 13.8. The molecule has 0 fully saturated rings. The van der Waals surface area contributed by atoms with Gasteiger partial charge in [0.2, 0.25) is 0 Å². The lowest BCUT2D eigenvalue weighted by Crippen LogP contribution is -2.59. The lowest BCUT2D eigenvalue weighted by Gasteiger charge is -2.41. The van der Waals surface area contributed by atoms with E-state index in [1.807, 2.05) is 0 Å². The zero-order chi connectivity index (χ0) is 29.4. The van der Waals surface area contributed by atoms with E-state index in [1.165, 1.54) is 61.3 Å². The minimum absolute atomic E-state index is 0.0185. The first kappa shape index (κ1) is 26.7. The summed E-state index contributed by atoms with van der Waals surface area (Å²) < 4.78 is 6.74. The molecule has 0 saturated heterocycles. The van der Waals surface area contributed by atoms with E-state index in [4.69, 9.17) is 4.74 Å². The second-order valence-corrected chi connectivity index (χ2v) is 14.0. The van der Waals surface area contributed by atoms with Crippen LogP contribution < -0.4 is 26.0 Å². The van der Waals surface area contributed by atoms with Crippen molar-refractivity contribution in [3.8, 4) is 22.6 Å². The Labute approximate surface area is 251 Å². The van der Waals surface area contributed by atoms with Crippen molar-refractivity contribution in [2.75, 3.05) is 4.90 Å². The van der Waals surface area contributed by atoms with Gasteiger partial charge in [-0.2, -0.15) is 0 Å². The van der Waals surface area contributed by atoms with Gasteiger partial charge in [0, 0.05) is 16.9 Å². The number of para-hydroxylation sites is 1. The van der Waals surface area contributed by atoms with Gasteiger partial charge in [0.25, 0.3) is 6.71 Å². The number of hydrogen-bond donors (Lipinski definition) is 0. The fraction of sp³-hybridized carbons (Fsp3) is 0.231. The van der Waals surface area contributed by atoms with Crippen LogP contribution in [0, 0.1) is 6.92 Å². The Hall–Kier alpha value is -4.24. The summed E-state index contributed by atoms with van der Waals surface area (Å²) in [6, 6.07) is 38.1. The van der Waals surface area contributed by atoms with Gasteiger partial charge in [0.1, 0.15) is 11.5 Å². The summed E-state index contributed by atoms with van der Waals surface area (Å²) in [4.78, 5) is 2.50. The van der Waals surface area contributed by atoms with Crippen molar-refractivity contribution in [1.82, 2.24) is 0 Å². The van der Waals surface area contributed by atoms with Crippen molar-refractivity contribution in [3.05, 3.63) is 120 Å². The molecule has 0 unspecified atom stereocenters. The molecule has 5 aromatic rings. The minimum Gasteiger partial charge on any atom is -0.458 e. The third kappa shape index (κ3) is 4.26. The lowest BCUT2D eigenvalue weighted by molar-refractivity contribution is 0.486. The second kappa shape index (κ2) is 9.39. The molecule has 0 N–H and O–H groups in total. The van der Waals surface area contributed by atoms with Crippen LogP contribution in [-0.2, 0) is 10.8 Å². The molecule has 0 atom stereocenters. The Kier molecular flexibility index (Phi) is 5.96. The van der Waals surface area contributed by atoms with Gasteiger partial charge in [-0.1, -0.05) is 114 Å². The molecule has 0 saturated carbocycles. The minimum atomic E-state index is 0.0185. The fourth-order valence-corrected chi connectivity index (χ4v) is 6.60. The van der Waals surface area contributed by atoms with Gasteiger partial charge < -0.3 is 9.64 Å². The van der Waals surface area contributed by atoms with Crippen LogP contribution in [0.5, 0.6) is 11.5 Å². The summed E-state index contributed by atoms with van der Waals surface area (Å²) in [7, 11) is 0. The molecule has 3 heteroatoms. The molecule has 2 aliphatic rings. The van der Waals surface area contributed by atoms with Crippen LogP contribution in [0.4, 0.5) is 17.1 Å². The largest absolute Gasteiger partial charge is 0.458 e. The summed E-state index contributed by atoms with van der Waals surface area (Å²) in [6.45, 7) is 16.0. The number of benzene rings is 5. The van der Waals surface area contributed by atoms with Crippen LogP contribution in [0.25, 0.3) is 11.1 Å². The van der Waals surface area contributed by atoms with Gasteiger partial charge in [0.15, 0.2) is 0 Å². The standard InChI is InChI=1S/C39H38BNO/c1-25-21-34-37-36(22-25)42-35-20-18-27(38(2,3)4)23-31(35)40(37)30-19-17-28(39(5,6)7)24-33(30)41(34)32-16-12-11-15-29(32)26-13-9-8-10-14-26/h8-24H,1-7H3. The monoisotopic (exact) mass is 547 g/mol. The van der Waals surface area contributed by atoms with Gasteiger partial charge >= 0.3 is 0 Å². The van der Waals surface area contributed by atoms with Crippen LogP contribution in [-0.4, -0.2) is 6.71 Å². The van der Waals surface area contributed by atoms with Gasteiger partial charge in [-0.25, -0.2) is 0 Å². The molecule has 0 amide bonds. The van der Waals surface area contributed by atoms with Crippen LogP contribution >= 0.6 is 0 Å². The third-order valence-electron chi connectivity index (χ3n) is 8.88. The second-order valence-electron chi connectivity index (χ2n) is 14.0. The van der Waals surface area contributed by atoms with E-state index in [0.717, 1.165) is 11.5 Å². The molecule has 7 rings (SSSR count). The molecular weight excluding hydrogens is 509 g/mol. The maximum atomic E-state index is 6.74. The molecule has 0 radical (unpaired) electrons. The zero-order valence-corrected chi connectivity index (χ0v) is 25.7. The van der Waals surface area contributed by atoms with Crippen molar-refractivity contribution in [1.29, 1.82) is 0 Å².